The molecule has 1 aromatic carbocycles. The number of hydrogen-bond donors (Lipinski definition) is 1. The summed E-state index contributed by atoms with van der Waals surface area (Å²) in [6, 6.07) is 7.67. The zero-order chi connectivity index (χ0) is 17.5. The molecule has 0 saturated carbocycles. The number of hydrogen-bond acceptors (Lipinski definition) is 5. The molecule has 126 valence electrons. The average molecular weight is 328 g/mol. The van der Waals surface area contributed by atoms with Gasteiger partial charge in [-0.15, -0.1) is 0 Å². The molecule has 0 amide bonds. The van der Waals surface area contributed by atoms with Crippen molar-refractivity contribution in [3.8, 4) is 11.3 Å². The van der Waals surface area contributed by atoms with E-state index >= 15 is 0 Å². The lowest BCUT2D eigenvalue weighted by Gasteiger charge is -2.32. The van der Waals surface area contributed by atoms with Crippen LogP contribution in [0.1, 0.15) is 38.1 Å². The van der Waals surface area contributed by atoms with Crippen molar-refractivity contribution >= 4 is 18.6 Å². The van der Waals surface area contributed by atoms with Crippen molar-refractivity contribution in [3.63, 3.8) is 0 Å². The van der Waals surface area contributed by atoms with E-state index in [1.54, 1.807) is 0 Å². The van der Waals surface area contributed by atoms with Gasteiger partial charge in [0, 0.05) is 5.56 Å². The Morgan fingerprint density at radius 3 is 2.25 bits per heavy atom. The van der Waals surface area contributed by atoms with E-state index < -0.39 is 13.1 Å². The Hall–Kier alpha value is -2.12. The van der Waals surface area contributed by atoms with Crippen molar-refractivity contribution in [2.45, 2.75) is 38.9 Å². The van der Waals surface area contributed by atoms with Crippen LogP contribution in [-0.4, -0.2) is 41.6 Å². The first-order chi connectivity index (χ1) is 11.2. The van der Waals surface area contributed by atoms with Gasteiger partial charge in [0.2, 0.25) is 0 Å². The number of nitrogens with one attached hydrogen (secondary N) is 1. The van der Waals surface area contributed by atoms with E-state index in [4.69, 9.17) is 14.0 Å². The number of ether oxygens (including phenoxy) is 1. The number of aromatic amines is 1. The van der Waals surface area contributed by atoms with Crippen LogP contribution in [0.4, 0.5) is 0 Å². The summed E-state index contributed by atoms with van der Waals surface area (Å²) in [6.45, 7) is 8.09. The monoisotopic (exact) mass is 328 g/mol. The number of rotatable bonds is 3. The van der Waals surface area contributed by atoms with E-state index in [0.29, 0.717) is 11.3 Å². The van der Waals surface area contributed by atoms with E-state index in [1.165, 1.54) is 13.3 Å². The minimum atomic E-state index is -0.422. The molecular weight excluding hydrogens is 307 g/mol. The van der Waals surface area contributed by atoms with Crippen LogP contribution < -0.4 is 5.46 Å². The van der Waals surface area contributed by atoms with Gasteiger partial charge in [-0.05, 0) is 33.2 Å². The van der Waals surface area contributed by atoms with Gasteiger partial charge in [0.1, 0.15) is 5.56 Å². The summed E-state index contributed by atoms with van der Waals surface area (Å²) < 4.78 is 16.9. The van der Waals surface area contributed by atoms with Gasteiger partial charge in [-0.25, -0.2) is 4.79 Å². The van der Waals surface area contributed by atoms with E-state index in [-0.39, 0.29) is 11.2 Å². The molecule has 1 aliphatic heterocycles. The fourth-order valence-electron chi connectivity index (χ4n) is 2.56. The van der Waals surface area contributed by atoms with Crippen LogP contribution in [0.15, 0.2) is 30.5 Å². The number of benzene rings is 1. The number of esters is 1. The number of methoxy groups -OCH3 is 1. The van der Waals surface area contributed by atoms with E-state index in [9.17, 15) is 4.79 Å². The molecule has 24 heavy (non-hydrogen) atoms. The first-order valence-corrected chi connectivity index (χ1v) is 7.83. The molecule has 2 aromatic rings. The van der Waals surface area contributed by atoms with Crippen molar-refractivity contribution in [3.05, 3.63) is 36.0 Å². The summed E-state index contributed by atoms with van der Waals surface area (Å²) in [5.74, 6) is -0.422. The van der Waals surface area contributed by atoms with Gasteiger partial charge in [0.05, 0.1) is 30.2 Å². The minimum Gasteiger partial charge on any atom is -0.465 e. The Labute approximate surface area is 141 Å². The molecule has 6 nitrogen and oxygen atoms in total. The molecule has 1 aromatic heterocycles. The molecule has 7 heteroatoms. The van der Waals surface area contributed by atoms with E-state index in [1.807, 2.05) is 52.0 Å². The second kappa shape index (κ2) is 5.75. The van der Waals surface area contributed by atoms with Gasteiger partial charge in [0.15, 0.2) is 0 Å². The molecule has 0 atom stereocenters. The lowest BCUT2D eigenvalue weighted by molar-refractivity contribution is 0.00578. The average Bonchev–Trinajstić information content (AvgIpc) is 3.10. The van der Waals surface area contributed by atoms with Crippen molar-refractivity contribution < 1.29 is 18.8 Å². The Morgan fingerprint density at radius 2 is 1.71 bits per heavy atom. The number of aromatic nitrogens is 2. The third-order valence-corrected chi connectivity index (χ3v) is 4.77. The summed E-state index contributed by atoms with van der Waals surface area (Å²) in [4.78, 5) is 11.8. The fourth-order valence-corrected chi connectivity index (χ4v) is 2.56. The maximum Gasteiger partial charge on any atom is 0.494 e. The Balaban J connectivity index is 1.85. The largest absolute Gasteiger partial charge is 0.494 e. The number of H-pyrrole nitrogens is 1. The quantitative estimate of drug-likeness (QED) is 0.690. The lowest BCUT2D eigenvalue weighted by atomic mass is 9.78. The van der Waals surface area contributed by atoms with Gasteiger partial charge in [-0.1, -0.05) is 24.3 Å². The Kier molecular flexibility index (Phi) is 4.01. The van der Waals surface area contributed by atoms with Gasteiger partial charge >= 0.3 is 13.1 Å². The number of carbonyl (C=O) groups excluding carboxylic acids is 1. The second-order valence-electron chi connectivity index (χ2n) is 6.86. The minimum absolute atomic E-state index is 0.377. The van der Waals surface area contributed by atoms with Crippen LogP contribution in [0, 0.1) is 0 Å². The molecule has 0 radical (unpaired) electrons. The van der Waals surface area contributed by atoms with Crippen LogP contribution in [0.25, 0.3) is 11.3 Å². The van der Waals surface area contributed by atoms with Crippen molar-refractivity contribution in [2.75, 3.05) is 7.11 Å². The molecule has 1 N–H and O–H groups in total. The summed E-state index contributed by atoms with van der Waals surface area (Å²) in [7, 11) is 0.936. The molecule has 0 spiro atoms. The van der Waals surface area contributed by atoms with Crippen LogP contribution in [0.2, 0.25) is 0 Å². The molecular formula is C17H21BN2O4. The van der Waals surface area contributed by atoms with Gasteiger partial charge < -0.3 is 14.0 Å². The molecule has 0 unspecified atom stereocenters. The summed E-state index contributed by atoms with van der Waals surface area (Å²) in [5, 5.41) is 6.77. The van der Waals surface area contributed by atoms with Gasteiger partial charge in [-0.3, -0.25) is 5.10 Å². The maximum atomic E-state index is 11.8. The molecule has 0 aliphatic carbocycles. The first-order valence-electron chi connectivity index (χ1n) is 7.83. The first kappa shape index (κ1) is 16.7. The van der Waals surface area contributed by atoms with Gasteiger partial charge in [0.25, 0.3) is 0 Å². The molecule has 3 rings (SSSR count). The SMILES string of the molecule is COC(=O)c1cn[nH]c1-c1ccc(B2OC(C)(C)C(C)(C)O2)cc1. The van der Waals surface area contributed by atoms with Crippen molar-refractivity contribution in [1.29, 1.82) is 0 Å². The normalized spacial score (nSPS) is 18.6. The summed E-state index contributed by atoms with van der Waals surface area (Å²) in [6.07, 6.45) is 1.46. The maximum absolute atomic E-state index is 11.8. The van der Waals surface area contributed by atoms with E-state index in [0.717, 1.165) is 11.0 Å². The predicted octanol–water partition coefficient (Wildman–Crippen LogP) is 2.16. The lowest BCUT2D eigenvalue weighted by Crippen LogP contribution is -2.41. The molecule has 1 saturated heterocycles. The van der Waals surface area contributed by atoms with Gasteiger partial charge in [-0.2, -0.15) is 5.10 Å². The topological polar surface area (TPSA) is 73.4 Å². The Morgan fingerprint density at radius 1 is 1.12 bits per heavy atom. The number of nitrogens with zero attached hydrogens (tertiary/aromatic N) is 1. The van der Waals surface area contributed by atoms with Crippen molar-refractivity contribution in [2.24, 2.45) is 0 Å². The third-order valence-electron chi connectivity index (χ3n) is 4.77. The smallest absolute Gasteiger partial charge is 0.465 e. The predicted molar refractivity (Wildman–Crippen MR) is 91.1 cm³/mol. The third kappa shape index (κ3) is 2.74. The second-order valence-corrected chi connectivity index (χ2v) is 6.86. The highest BCUT2D eigenvalue weighted by molar-refractivity contribution is 6.62. The summed E-state index contributed by atoms with van der Waals surface area (Å²) in [5.41, 5.74) is 2.04. The highest BCUT2D eigenvalue weighted by Crippen LogP contribution is 2.36. The molecule has 1 aliphatic rings. The zero-order valence-electron chi connectivity index (χ0n) is 14.5. The van der Waals surface area contributed by atoms with Crippen LogP contribution in [-0.2, 0) is 14.0 Å². The molecule has 2 heterocycles. The molecule has 0 bridgehead atoms. The van der Waals surface area contributed by atoms with E-state index in [2.05, 4.69) is 10.2 Å². The summed E-state index contributed by atoms with van der Waals surface area (Å²) >= 11 is 0. The standard InChI is InChI=1S/C17H21BN2O4/c1-16(2)17(3,4)24-18(23-16)12-8-6-11(7-9-12)14-13(10-19-20-14)15(21)22-5/h6-10H,1-5H3,(H,19,20). The Bertz CT molecular complexity index is 736. The highest BCUT2D eigenvalue weighted by Gasteiger charge is 2.51. The van der Waals surface area contributed by atoms with Crippen LogP contribution in [0.5, 0.6) is 0 Å². The van der Waals surface area contributed by atoms with Crippen LogP contribution in [0.3, 0.4) is 0 Å². The molecule has 1 fully saturated rings. The number of carbonyl (C=O) groups is 1. The highest BCUT2D eigenvalue weighted by atomic mass is 16.7. The zero-order valence-corrected chi connectivity index (χ0v) is 14.5. The fraction of sp³-hybridized carbons (Fsp3) is 0.412. The van der Waals surface area contributed by atoms with Crippen LogP contribution >= 0.6 is 0 Å². The van der Waals surface area contributed by atoms with Crippen molar-refractivity contribution in [1.82, 2.24) is 10.2 Å².